The van der Waals surface area contributed by atoms with Gasteiger partial charge in [0.1, 0.15) is 9.71 Å². The monoisotopic (exact) mass is 285 g/mol. The molecule has 100 valence electrons. The minimum Gasteiger partial charge on any atom is -0.397 e. The second-order valence-corrected chi connectivity index (χ2v) is 5.14. The van der Waals surface area contributed by atoms with Crippen LogP contribution in [-0.2, 0) is 6.54 Å². The van der Waals surface area contributed by atoms with E-state index in [4.69, 9.17) is 5.73 Å². The van der Waals surface area contributed by atoms with Gasteiger partial charge in [-0.05, 0) is 17.7 Å². The van der Waals surface area contributed by atoms with Gasteiger partial charge in [0.2, 0.25) is 0 Å². The van der Waals surface area contributed by atoms with Crippen LogP contribution in [0.3, 0.4) is 0 Å². The highest BCUT2D eigenvalue weighted by Crippen LogP contribution is 2.31. The van der Waals surface area contributed by atoms with E-state index in [1.54, 1.807) is 24.7 Å². The average Bonchev–Trinajstić information content (AvgIpc) is 2.84. The largest absolute Gasteiger partial charge is 0.397 e. The Morgan fingerprint density at radius 1 is 1.35 bits per heavy atom. The van der Waals surface area contributed by atoms with Crippen LogP contribution < -0.4 is 11.1 Å². The summed E-state index contributed by atoms with van der Waals surface area (Å²) in [6.45, 7) is 0.409. The Morgan fingerprint density at radius 2 is 2.25 bits per heavy atom. The van der Waals surface area contributed by atoms with E-state index in [0.717, 1.165) is 10.9 Å². The van der Waals surface area contributed by atoms with E-state index in [0.29, 0.717) is 21.9 Å². The first-order valence-electron chi connectivity index (χ1n) is 5.92. The highest BCUT2D eigenvalue weighted by molar-refractivity contribution is 7.21. The highest BCUT2D eigenvalue weighted by atomic mass is 32.1. The molecule has 0 atom stereocenters. The number of nitrogens with zero attached hydrogens (tertiary/aromatic N) is 3. The Morgan fingerprint density at radius 3 is 3.00 bits per heavy atom. The van der Waals surface area contributed by atoms with Gasteiger partial charge in [-0.1, -0.05) is 6.07 Å². The van der Waals surface area contributed by atoms with Crippen molar-refractivity contribution in [2.75, 3.05) is 5.73 Å². The Balaban J connectivity index is 1.81. The summed E-state index contributed by atoms with van der Waals surface area (Å²) in [7, 11) is 0. The van der Waals surface area contributed by atoms with Gasteiger partial charge in [0.15, 0.2) is 0 Å². The van der Waals surface area contributed by atoms with Crippen molar-refractivity contribution in [1.29, 1.82) is 0 Å². The summed E-state index contributed by atoms with van der Waals surface area (Å²) >= 11 is 1.24. The number of nitrogens with one attached hydrogen (secondary N) is 1. The fraction of sp³-hybridized carbons (Fsp3) is 0.0769. The van der Waals surface area contributed by atoms with Gasteiger partial charge >= 0.3 is 0 Å². The van der Waals surface area contributed by atoms with Gasteiger partial charge in [-0.2, -0.15) is 5.10 Å². The average molecular weight is 285 g/mol. The molecule has 0 fully saturated rings. The molecule has 0 saturated heterocycles. The number of nitrogen functional groups attached to an aromatic ring is 1. The summed E-state index contributed by atoms with van der Waals surface area (Å²) in [5.74, 6) is -0.214. The zero-order valence-corrected chi connectivity index (χ0v) is 11.2. The Hall–Kier alpha value is -2.54. The molecule has 20 heavy (non-hydrogen) atoms. The predicted molar refractivity (Wildman–Crippen MR) is 77.2 cm³/mol. The van der Waals surface area contributed by atoms with Gasteiger partial charge in [0.25, 0.3) is 5.91 Å². The van der Waals surface area contributed by atoms with Gasteiger partial charge in [-0.3, -0.25) is 9.78 Å². The van der Waals surface area contributed by atoms with Crippen LogP contribution in [0.4, 0.5) is 5.69 Å². The van der Waals surface area contributed by atoms with Gasteiger partial charge in [-0.15, -0.1) is 16.4 Å². The number of hydrogen-bond acceptors (Lipinski definition) is 6. The van der Waals surface area contributed by atoms with Crippen LogP contribution in [0.15, 0.2) is 36.8 Å². The van der Waals surface area contributed by atoms with Crippen molar-refractivity contribution in [3.05, 3.63) is 47.2 Å². The van der Waals surface area contributed by atoms with E-state index in [2.05, 4.69) is 20.5 Å². The third kappa shape index (κ3) is 2.30. The molecule has 0 bridgehead atoms. The Bertz CT molecular complexity index is 756. The molecule has 3 aromatic heterocycles. The predicted octanol–water partition coefficient (Wildman–Crippen LogP) is 1.60. The van der Waals surface area contributed by atoms with E-state index in [1.807, 2.05) is 12.1 Å². The molecular weight excluding hydrogens is 274 g/mol. The zero-order chi connectivity index (χ0) is 13.9. The molecule has 0 aliphatic carbocycles. The SMILES string of the molecule is Nc1c(C(=O)NCc2cccnc2)sc2nnccc12. The van der Waals surface area contributed by atoms with Crippen LogP contribution >= 0.6 is 11.3 Å². The third-order valence-electron chi connectivity index (χ3n) is 2.80. The Kier molecular flexibility index (Phi) is 3.26. The zero-order valence-electron chi connectivity index (χ0n) is 10.4. The topological polar surface area (TPSA) is 93.8 Å². The summed E-state index contributed by atoms with van der Waals surface area (Å²) < 4.78 is 0. The molecule has 6 nitrogen and oxygen atoms in total. The maximum atomic E-state index is 12.2. The molecule has 0 aliphatic heterocycles. The Labute approximate surface area is 118 Å². The van der Waals surface area contributed by atoms with Crippen LogP contribution in [-0.4, -0.2) is 21.1 Å². The number of aromatic nitrogens is 3. The third-order valence-corrected chi connectivity index (χ3v) is 3.91. The molecule has 3 N–H and O–H groups in total. The number of rotatable bonds is 3. The molecule has 7 heteroatoms. The van der Waals surface area contributed by atoms with Gasteiger partial charge in [-0.25, -0.2) is 0 Å². The number of amides is 1. The van der Waals surface area contributed by atoms with E-state index in [1.165, 1.54) is 11.3 Å². The summed E-state index contributed by atoms with van der Waals surface area (Å²) in [5, 5.41) is 11.3. The van der Waals surface area contributed by atoms with Crippen LogP contribution in [0.2, 0.25) is 0 Å². The maximum Gasteiger partial charge on any atom is 0.263 e. The fourth-order valence-electron chi connectivity index (χ4n) is 1.81. The molecule has 0 radical (unpaired) electrons. The molecule has 1 amide bonds. The lowest BCUT2D eigenvalue weighted by atomic mass is 10.2. The van der Waals surface area contributed by atoms with Crippen LogP contribution in [0, 0.1) is 0 Å². The second kappa shape index (κ2) is 5.22. The van der Waals surface area contributed by atoms with Crippen LogP contribution in [0.25, 0.3) is 10.2 Å². The van der Waals surface area contributed by atoms with Crippen molar-refractivity contribution < 1.29 is 4.79 Å². The number of fused-ring (bicyclic) bond motifs is 1. The number of thiophene rings is 1. The normalized spacial score (nSPS) is 10.6. The summed E-state index contributed by atoms with van der Waals surface area (Å²) in [4.78, 5) is 17.3. The lowest BCUT2D eigenvalue weighted by Gasteiger charge is -2.03. The summed E-state index contributed by atoms with van der Waals surface area (Å²) in [5.41, 5.74) is 7.36. The number of carbonyl (C=O) groups is 1. The van der Waals surface area contributed by atoms with Crippen molar-refractivity contribution in [2.24, 2.45) is 0 Å². The highest BCUT2D eigenvalue weighted by Gasteiger charge is 2.16. The molecule has 3 aromatic rings. The molecule has 0 saturated carbocycles. The molecule has 0 unspecified atom stereocenters. The van der Waals surface area contributed by atoms with E-state index < -0.39 is 0 Å². The minimum atomic E-state index is -0.214. The smallest absolute Gasteiger partial charge is 0.263 e. The first kappa shape index (κ1) is 12.5. The standard InChI is InChI=1S/C13H11N5OS/c14-10-9-3-5-17-18-13(9)20-11(10)12(19)16-7-8-2-1-4-15-6-8/h1-6H,7,14H2,(H,16,19). The molecule has 3 heterocycles. The van der Waals surface area contributed by atoms with E-state index in [9.17, 15) is 4.79 Å². The first-order chi connectivity index (χ1) is 9.75. The second-order valence-electron chi connectivity index (χ2n) is 4.14. The first-order valence-corrected chi connectivity index (χ1v) is 6.74. The summed E-state index contributed by atoms with van der Waals surface area (Å²) in [6.07, 6.45) is 4.96. The summed E-state index contributed by atoms with van der Waals surface area (Å²) in [6, 6.07) is 5.48. The lowest BCUT2D eigenvalue weighted by Crippen LogP contribution is -2.22. The van der Waals surface area contributed by atoms with Crippen LogP contribution in [0.5, 0.6) is 0 Å². The number of nitrogens with two attached hydrogens (primary N) is 1. The fourth-order valence-corrected chi connectivity index (χ4v) is 2.76. The van der Waals surface area contributed by atoms with Gasteiger partial charge < -0.3 is 11.1 Å². The maximum absolute atomic E-state index is 12.2. The van der Waals surface area contributed by atoms with Gasteiger partial charge in [0.05, 0.1) is 11.9 Å². The lowest BCUT2D eigenvalue weighted by molar-refractivity contribution is 0.0956. The van der Waals surface area contributed by atoms with Crippen molar-refractivity contribution >= 4 is 33.1 Å². The van der Waals surface area contributed by atoms with Crippen molar-refractivity contribution in [1.82, 2.24) is 20.5 Å². The molecule has 0 spiro atoms. The number of pyridine rings is 1. The van der Waals surface area contributed by atoms with Crippen LogP contribution in [0.1, 0.15) is 15.2 Å². The molecular formula is C13H11N5OS. The van der Waals surface area contributed by atoms with Gasteiger partial charge in [0, 0.05) is 24.3 Å². The number of carbonyl (C=O) groups excluding carboxylic acids is 1. The van der Waals surface area contributed by atoms with Crippen molar-refractivity contribution in [3.8, 4) is 0 Å². The number of anilines is 1. The molecule has 0 aliphatic rings. The van der Waals surface area contributed by atoms with E-state index >= 15 is 0 Å². The molecule has 3 rings (SSSR count). The quantitative estimate of drug-likeness (QED) is 0.762. The minimum absolute atomic E-state index is 0.214. The van der Waals surface area contributed by atoms with Crippen molar-refractivity contribution in [3.63, 3.8) is 0 Å². The van der Waals surface area contributed by atoms with E-state index in [-0.39, 0.29) is 5.91 Å². The van der Waals surface area contributed by atoms with Crippen molar-refractivity contribution in [2.45, 2.75) is 6.54 Å². The molecule has 0 aromatic carbocycles. The number of hydrogen-bond donors (Lipinski definition) is 2.